The van der Waals surface area contributed by atoms with Crippen molar-refractivity contribution in [3.63, 3.8) is 0 Å². The lowest BCUT2D eigenvalue weighted by Gasteiger charge is -2.00. The summed E-state index contributed by atoms with van der Waals surface area (Å²) >= 11 is 0. The average Bonchev–Trinajstić information content (AvgIpc) is 2.17. The molecule has 1 N–H and O–H groups in total. The molecule has 68 valence electrons. The minimum atomic E-state index is 0.192. The number of nitrogens with zero attached hydrogens (tertiary/aromatic N) is 1. The van der Waals surface area contributed by atoms with Crippen molar-refractivity contribution in [1.82, 2.24) is 0 Å². The highest BCUT2D eigenvalue weighted by molar-refractivity contribution is 5.23. The van der Waals surface area contributed by atoms with Gasteiger partial charge in [0.25, 0.3) is 0 Å². The summed E-state index contributed by atoms with van der Waals surface area (Å²) < 4.78 is 0. The number of nitriles is 1. The zero-order valence-electron chi connectivity index (χ0n) is 7.53. The molecule has 1 aromatic rings. The zero-order chi connectivity index (χ0) is 9.52. The van der Waals surface area contributed by atoms with Crippen molar-refractivity contribution in [2.24, 2.45) is 0 Å². The lowest BCUT2D eigenvalue weighted by Crippen LogP contribution is -1.91. The maximum Gasteiger partial charge on any atom is 0.0625 e. The molecule has 0 radical (unpaired) electrons. The fourth-order valence-corrected chi connectivity index (χ4v) is 1.20. The minimum absolute atomic E-state index is 0.192. The first-order valence-corrected chi connectivity index (χ1v) is 4.42. The Kier molecular flexibility index (Phi) is 4.01. The van der Waals surface area contributed by atoms with Crippen molar-refractivity contribution in [3.05, 3.63) is 35.4 Å². The van der Waals surface area contributed by atoms with E-state index in [0.29, 0.717) is 12.8 Å². The Balaban J connectivity index is 2.54. The predicted octanol–water partition coefficient (Wildman–Crippen LogP) is 1.68. The van der Waals surface area contributed by atoms with Crippen LogP contribution in [-0.2, 0) is 12.8 Å². The monoisotopic (exact) mass is 175 g/mol. The standard InChI is InChI=1S/C11H13NO/c12-8-1-2-10-3-5-11(6-4-10)7-9-13/h3-6,13H,1-2,7,9H2. The van der Waals surface area contributed by atoms with Crippen molar-refractivity contribution in [2.45, 2.75) is 19.3 Å². The van der Waals surface area contributed by atoms with E-state index < -0.39 is 0 Å². The van der Waals surface area contributed by atoms with Crippen molar-refractivity contribution >= 4 is 0 Å². The highest BCUT2D eigenvalue weighted by Crippen LogP contribution is 2.06. The van der Waals surface area contributed by atoms with Gasteiger partial charge in [-0.15, -0.1) is 0 Å². The van der Waals surface area contributed by atoms with Gasteiger partial charge < -0.3 is 5.11 Å². The molecule has 0 atom stereocenters. The van der Waals surface area contributed by atoms with Crippen LogP contribution in [0.3, 0.4) is 0 Å². The quantitative estimate of drug-likeness (QED) is 0.756. The molecule has 2 nitrogen and oxygen atoms in total. The van der Waals surface area contributed by atoms with E-state index in [9.17, 15) is 0 Å². The summed E-state index contributed by atoms with van der Waals surface area (Å²) in [5.41, 5.74) is 2.33. The Bertz CT molecular complexity index is 284. The number of aryl methyl sites for hydroxylation is 1. The van der Waals surface area contributed by atoms with Crippen LogP contribution in [0.2, 0.25) is 0 Å². The highest BCUT2D eigenvalue weighted by atomic mass is 16.2. The molecule has 0 aromatic heterocycles. The number of aliphatic hydroxyl groups is 1. The number of hydrogen-bond donors (Lipinski definition) is 1. The van der Waals surface area contributed by atoms with Crippen molar-refractivity contribution in [1.29, 1.82) is 5.26 Å². The number of benzene rings is 1. The summed E-state index contributed by atoms with van der Waals surface area (Å²) in [6, 6.07) is 10.2. The van der Waals surface area contributed by atoms with Crippen molar-refractivity contribution < 1.29 is 5.11 Å². The fourth-order valence-electron chi connectivity index (χ4n) is 1.20. The van der Waals surface area contributed by atoms with E-state index in [2.05, 4.69) is 6.07 Å². The molecule has 1 rings (SSSR count). The van der Waals surface area contributed by atoms with Gasteiger partial charge in [-0.05, 0) is 24.0 Å². The number of hydrogen-bond acceptors (Lipinski definition) is 2. The van der Waals surface area contributed by atoms with Crippen LogP contribution in [-0.4, -0.2) is 11.7 Å². The largest absolute Gasteiger partial charge is 0.396 e. The molecule has 0 amide bonds. The molecule has 0 saturated heterocycles. The van der Waals surface area contributed by atoms with Gasteiger partial charge in [0.15, 0.2) is 0 Å². The molecular formula is C11H13NO. The first-order chi connectivity index (χ1) is 6.36. The molecule has 2 heteroatoms. The normalized spacial score (nSPS) is 9.54. The van der Waals surface area contributed by atoms with Gasteiger partial charge in [-0.1, -0.05) is 24.3 Å². The second kappa shape index (κ2) is 5.34. The van der Waals surface area contributed by atoms with Gasteiger partial charge in [-0.2, -0.15) is 5.26 Å². The zero-order valence-corrected chi connectivity index (χ0v) is 7.53. The Labute approximate surface area is 78.4 Å². The lowest BCUT2D eigenvalue weighted by molar-refractivity contribution is 0.299. The molecule has 0 unspecified atom stereocenters. The van der Waals surface area contributed by atoms with Gasteiger partial charge in [0.2, 0.25) is 0 Å². The van der Waals surface area contributed by atoms with Gasteiger partial charge in [-0.25, -0.2) is 0 Å². The minimum Gasteiger partial charge on any atom is -0.396 e. The topological polar surface area (TPSA) is 44.0 Å². The number of rotatable bonds is 4. The van der Waals surface area contributed by atoms with Crippen molar-refractivity contribution in [3.8, 4) is 6.07 Å². The molecule has 0 heterocycles. The second-order valence-corrected chi connectivity index (χ2v) is 2.95. The molecule has 0 aliphatic carbocycles. The van der Waals surface area contributed by atoms with Gasteiger partial charge in [0, 0.05) is 13.0 Å². The highest BCUT2D eigenvalue weighted by Gasteiger charge is 1.93. The van der Waals surface area contributed by atoms with Crippen LogP contribution in [0.25, 0.3) is 0 Å². The van der Waals surface area contributed by atoms with E-state index >= 15 is 0 Å². The van der Waals surface area contributed by atoms with Crippen molar-refractivity contribution in [2.75, 3.05) is 6.61 Å². The van der Waals surface area contributed by atoms with E-state index in [4.69, 9.17) is 10.4 Å². The summed E-state index contributed by atoms with van der Waals surface area (Å²) in [4.78, 5) is 0. The molecule has 0 spiro atoms. The van der Waals surface area contributed by atoms with E-state index in [1.165, 1.54) is 5.56 Å². The van der Waals surface area contributed by atoms with E-state index in [1.807, 2.05) is 24.3 Å². The van der Waals surface area contributed by atoms with Crippen LogP contribution in [0, 0.1) is 11.3 Å². The van der Waals surface area contributed by atoms with Crippen LogP contribution in [0.4, 0.5) is 0 Å². The van der Waals surface area contributed by atoms with Gasteiger partial charge in [0.05, 0.1) is 6.07 Å². The van der Waals surface area contributed by atoms with Crippen LogP contribution in [0.15, 0.2) is 24.3 Å². The van der Waals surface area contributed by atoms with Crippen LogP contribution in [0.5, 0.6) is 0 Å². The molecule has 13 heavy (non-hydrogen) atoms. The molecule has 0 aliphatic heterocycles. The summed E-state index contributed by atoms with van der Waals surface area (Å²) in [7, 11) is 0. The van der Waals surface area contributed by atoms with Gasteiger partial charge in [-0.3, -0.25) is 0 Å². The van der Waals surface area contributed by atoms with Crippen LogP contribution >= 0.6 is 0 Å². The third-order valence-corrected chi connectivity index (χ3v) is 1.95. The van der Waals surface area contributed by atoms with Crippen LogP contribution in [0.1, 0.15) is 17.5 Å². The van der Waals surface area contributed by atoms with Gasteiger partial charge >= 0.3 is 0 Å². The first kappa shape index (κ1) is 9.76. The summed E-state index contributed by atoms with van der Waals surface area (Å²) in [6.45, 7) is 0.192. The Hall–Kier alpha value is -1.33. The fraction of sp³-hybridized carbons (Fsp3) is 0.364. The smallest absolute Gasteiger partial charge is 0.0625 e. The maximum atomic E-state index is 8.69. The average molecular weight is 175 g/mol. The molecule has 0 saturated carbocycles. The second-order valence-electron chi connectivity index (χ2n) is 2.95. The Morgan fingerprint density at radius 2 is 1.62 bits per heavy atom. The SMILES string of the molecule is N#CCCc1ccc(CCO)cc1. The molecular weight excluding hydrogens is 162 g/mol. The molecule has 0 fully saturated rings. The Morgan fingerprint density at radius 3 is 2.08 bits per heavy atom. The third-order valence-electron chi connectivity index (χ3n) is 1.95. The summed E-state index contributed by atoms with van der Waals surface area (Å²) in [5, 5.41) is 17.1. The third kappa shape index (κ3) is 3.27. The van der Waals surface area contributed by atoms with E-state index in [1.54, 1.807) is 0 Å². The molecule has 1 aromatic carbocycles. The Morgan fingerprint density at radius 1 is 1.08 bits per heavy atom. The van der Waals surface area contributed by atoms with E-state index in [0.717, 1.165) is 12.0 Å². The number of aliphatic hydroxyl groups excluding tert-OH is 1. The summed E-state index contributed by atoms with van der Waals surface area (Å²) in [6.07, 6.45) is 2.09. The summed E-state index contributed by atoms with van der Waals surface area (Å²) in [5.74, 6) is 0. The van der Waals surface area contributed by atoms with Gasteiger partial charge in [0.1, 0.15) is 0 Å². The van der Waals surface area contributed by atoms with Crippen LogP contribution < -0.4 is 0 Å². The molecule has 0 aliphatic rings. The first-order valence-electron chi connectivity index (χ1n) is 4.42. The van der Waals surface area contributed by atoms with E-state index in [-0.39, 0.29) is 6.61 Å². The lowest BCUT2D eigenvalue weighted by atomic mass is 10.1. The maximum absolute atomic E-state index is 8.69. The predicted molar refractivity (Wildman–Crippen MR) is 51.2 cm³/mol. The molecule has 0 bridgehead atoms.